The molecule has 0 aromatic heterocycles. The highest BCUT2D eigenvalue weighted by atomic mass is 19.1. The van der Waals surface area contributed by atoms with Crippen LogP contribution < -0.4 is 11.1 Å². The van der Waals surface area contributed by atoms with Crippen molar-refractivity contribution in [3.05, 3.63) is 35.4 Å². The Morgan fingerprint density at radius 2 is 2.12 bits per heavy atom. The van der Waals surface area contributed by atoms with Crippen LogP contribution in [-0.2, 0) is 6.42 Å². The second-order valence-corrected chi connectivity index (χ2v) is 4.03. The summed E-state index contributed by atoms with van der Waals surface area (Å²) in [6, 6.07) is 3.68. The van der Waals surface area contributed by atoms with E-state index < -0.39 is 11.6 Å². The number of nitrogens with two attached hydrogens (primary N) is 1. The van der Waals surface area contributed by atoms with Crippen LogP contribution in [0.1, 0.15) is 12.5 Å². The minimum Gasteiger partial charge on any atom is -0.330 e. The minimum atomic E-state index is -0.536. The molecule has 0 aliphatic rings. The van der Waals surface area contributed by atoms with E-state index in [2.05, 4.69) is 5.32 Å². The van der Waals surface area contributed by atoms with Gasteiger partial charge in [-0.25, -0.2) is 8.78 Å². The van der Waals surface area contributed by atoms with E-state index in [0.717, 1.165) is 12.6 Å². The van der Waals surface area contributed by atoms with Crippen LogP contribution >= 0.6 is 0 Å². The maximum Gasteiger partial charge on any atom is 0.129 e. The lowest BCUT2D eigenvalue weighted by Gasteiger charge is -2.10. The van der Waals surface area contributed by atoms with Crippen LogP contribution in [0, 0.1) is 17.6 Å². The Bertz CT molecular complexity index is 329. The third kappa shape index (κ3) is 4.24. The molecule has 1 aromatic rings. The summed E-state index contributed by atoms with van der Waals surface area (Å²) in [6.45, 7) is 4.18. The molecule has 1 atom stereocenters. The van der Waals surface area contributed by atoms with Crippen molar-refractivity contribution in [2.45, 2.75) is 13.3 Å². The van der Waals surface area contributed by atoms with Crippen LogP contribution in [0.15, 0.2) is 18.2 Å². The van der Waals surface area contributed by atoms with Crippen LogP contribution in [0.5, 0.6) is 0 Å². The van der Waals surface area contributed by atoms with Crippen molar-refractivity contribution < 1.29 is 8.78 Å². The van der Waals surface area contributed by atoms with Gasteiger partial charge in [-0.05, 0) is 43.6 Å². The van der Waals surface area contributed by atoms with Crippen molar-refractivity contribution in [1.29, 1.82) is 0 Å². The van der Waals surface area contributed by atoms with Crippen LogP contribution in [-0.4, -0.2) is 19.6 Å². The largest absolute Gasteiger partial charge is 0.330 e. The molecule has 1 aromatic carbocycles. The zero-order chi connectivity index (χ0) is 12.0. The quantitative estimate of drug-likeness (QED) is 0.727. The molecule has 0 amide bonds. The van der Waals surface area contributed by atoms with Gasteiger partial charge in [-0.1, -0.05) is 13.0 Å². The van der Waals surface area contributed by atoms with Crippen LogP contribution in [0.2, 0.25) is 0 Å². The average Bonchev–Trinajstić information content (AvgIpc) is 2.26. The smallest absolute Gasteiger partial charge is 0.129 e. The predicted octanol–water partition coefficient (Wildman–Crippen LogP) is 1.69. The second kappa shape index (κ2) is 6.55. The summed E-state index contributed by atoms with van der Waals surface area (Å²) in [6.07, 6.45) is 0.559. The highest BCUT2D eigenvalue weighted by molar-refractivity contribution is 5.18. The molecule has 0 saturated carbocycles. The first-order valence-corrected chi connectivity index (χ1v) is 5.48. The van der Waals surface area contributed by atoms with Gasteiger partial charge in [0.2, 0.25) is 0 Å². The molecule has 1 rings (SSSR count). The molecule has 0 saturated heterocycles. The Balaban J connectivity index is 2.32. The molecule has 0 spiro atoms. The van der Waals surface area contributed by atoms with Crippen molar-refractivity contribution in [3.63, 3.8) is 0 Å². The lowest BCUT2D eigenvalue weighted by atomic mass is 10.1. The summed E-state index contributed by atoms with van der Waals surface area (Å²) in [5.41, 5.74) is 6.00. The van der Waals surface area contributed by atoms with E-state index in [1.54, 1.807) is 0 Å². The van der Waals surface area contributed by atoms with Crippen molar-refractivity contribution >= 4 is 0 Å². The molecule has 0 heterocycles. The maximum absolute atomic E-state index is 13.2. The fraction of sp³-hybridized carbons (Fsp3) is 0.500. The molecular weight excluding hydrogens is 210 g/mol. The molecule has 2 nitrogen and oxygen atoms in total. The Kier molecular flexibility index (Phi) is 5.35. The fourth-order valence-corrected chi connectivity index (χ4v) is 1.38. The van der Waals surface area contributed by atoms with Crippen molar-refractivity contribution in [2.75, 3.05) is 19.6 Å². The molecular formula is C12H18F2N2. The van der Waals surface area contributed by atoms with Gasteiger partial charge in [0.25, 0.3) is 0 Å². The van der Waals surface area contributed by atoms with Gasteiger partial charge in [0.05, 0.1) is 0 Å². The summed E-state index contributed by atoms with van der Waals surface area (Å²) in [7, 11) is 0. The molecule has 4 heteroatoms. The standard InChI is InChI=1S/C12H18F2N2/c1-9(7-15)8-16-5-4-10-2-3-11(13)6-12(10)14/h2-3,6,9,16H,4-5,7-8,15H2,1H3. The number of hydrogen-bond donors (Lipinski definition) is 2. The Morgan fingerprint density at radius 3 is 2.75 bits per heavy atom. The van der Waals surface area contributed by atoms with Crippen LogP contribution in [0.25, 0.3) is 0 Å². The molecule has 90 valence electrons. The van der Waals surface area contributed by atoms with E-state index in [1.807, 2.05) is 6.92 Å². The molecule has 0 aliphatic heterocycles. The predicted molar refractivity (Wildman–Crippen MR) is 61.2 cm³/mol. The third-order valence-corrected chi connectivity index (χ3v) is 2.48. The molecule has 3 N–H and O–H groups in total. The van der Waals surface area contributed by atoms with Gasteiger partial charge < -0.3 is 11.1 Å². The van der Waals surface area contributed by atoms with E-state index in [1.165, 1.54) is 12.1 Å². The van der Waals surface area contributed by atoms with E-state index in [4.69, 9.17) is 5.73 Å². The summed E-state index contributed by atoms with van der Waals surface area (Å²) in [5, 5.41) is 3.19. The number of halogens is 2. The molecule has 0 aliphatic carbocycles. The molecule has 16 heavy (non-hydrogen) atoms. The van der Waals surface area contributed by atoms with Gasteiger partial charge in [-0.3, -0.25) is 0 Å². The lowest BCUT2D eigenvalue weighted by Crippen LogP contribution is -2.27. The van der Waals surface area contributed by atoms with Crippen molar-refractivity contribution in [1.82, 2.24) is 5.32 Å². The van der Waals surface area contributed by atoms with E-state index >= 15 is 0 Å². The number of benzene rings is 1. The number of hydrogen-bond acceptors (Lipinski definition) is 2. The Morgan fingerprint density at radius 1 is 1.38 bits per heavy atom. The number of rotatable bonds is 6. The fourth-order valence-electron chi connectivity index (χ4n) is 1.38. The molecule has 0 radical (unpaired) electrons. The summed E-state index contributed by atoms with van der Waals surface area (Å²) in [4.78, 5) is 0. The summed E-state index contributed by atoms with van der Waals surface area (Å²) in [5.74, 6) is -0.599. The second-order valence-electron chi connectivity index (χ2n) is 4.03. The van der Waals surface area contributed by atoms with Gasteiger partial charge in [-0.2, -0.15) is 0 Å². The Hall–Kier alpha value is -1.00. The summed E-state index contributed by atoms with van der Waals surface area (Å²) < 4.78 is 25.8. The third-order valence-electron chi connectivity index (χ3n) is 2.48. The van der Waals surface area contributed by atoms with Gasteiger partial charge in [0.1, 0.15) is 11.6 Å². The average molecular weight is 228 g/mol. The topological polar surface area (TPSA) is 38.0 Å². The molecule has 0 fully saturated rings. The first-order valence-electron chi connectivity index (χ1n) is 5.48. The van der Waals surface area contributed by atoms with E-state index in [0.29, 0.717) is 31.0 Å². The summed E-state index contributed by atoms with van der Waals surface area (Å²) >= 11 is 0. The minimum absolute atomic E-state index is 0.415. The van der Waals surface area contributed by atoms with Crippen molar-refractivity contribution in [3.8, 4) is 0 Å². The van der Waals surface area contributed by atoms with Gasteiger partial charge in [0.15, 0.2) is 0 Å². The maximum atomic E-state index is 13.2. The first-order chi connectivity index (χ1) is 7.63. The van der Waals surface area contributed by atoms with Crippen molar-refractivity contribution in [2.24, 2.45) is 11.7 Å². The number of nitrogens with one attached hydrogen (secondary N) is 1. The zero-order valence-corrected chi connectivity index (χ0v) is 9.47. The SMILES string of the molecule is CC(CN)CNCCc1ccc(F)cc1F. The zero-order valence-electron chi connectivity index (χ0n) is 9.47. The van der Waals surface area contributed by atoms with Gasteiger partial charge in [-0.15, -0.1) is 0 Å². The van der Waals surface area contributed by atoms with E-state index in [9.17, 15) is 8.78 Å². The van der Waals surface area contributed by atoms with Gasteiger partial charge >= 0.3 is 0 Å². The van der Waals surface area contributed by atoms with Gasteiger partial charge in [0, 0.05) is 6.07 Å². The van der Waals surface area contributed by atoms with Crippen LogP contribution in [0.3, 0.4) is 0 Å². The highest BCUT2D eigenvalue weighted by Crippen LogP contribution is 2.09. The highest BCUT2D eigenvalue weighted by Gasteiger charge is 2.03. The molecule has 1 unspecified atom stereocenters. The lowest BCUT2D eigenvalue weighted by molar-refractivity contribution is 0.518. The normalized spacial score (nSPS) is 12.8. The first kappa shape index (κ1) is 13.1. The Labute approximate surface area is 94.8 Å². The van der Waals surface area contributed by atoms with Crippen LogP contribution in [0.4, 0.5) is 8.78 Å². The van der Waals surface area contributed by atoms with E-state index in [-0.39, 0.29) is 0 Å². The monoisotopic (exact) mass is 228 g/mol. The molecule has 0 bridgehead atoms.